The zero-order valence-electron chi connectivity index (χ0n) is 10.5. The number of rotatable bonds is 3. The lowest BCUT2D eigenvalue weighted by Crippen LogP contribution is -2.08. The third-order valence-corrected chi connectivity index (χ3v) is 2.84. The Labute approximate surface area is 110 Å². The molecule has 5 nitrogen and oxygen atoms in total. The Morgan fingerprint density at radius 1 is 1.26 bits per heavy atom. The van der Waals surface area contributed by atoms with Crippen molar-refractivity contribution in [3.63, 3.8) is 0 Å². The van der Waals surface area contributed by atoms with E-state index in [0.717, 1.165) is 23.4 Å². The fourth-order valence-electron chi connectivity index (χ4n) is 1.81. The molecule has 0 amide bonds. The fraction of sp³-hybridized carbons (Fsp3) is 0.143. The van der Waals surface area contributed by atoms with Crippen molar-refractivity contribution in [2.75, 3.05) is 13.7 Å². The second-order valence-corrected chi connectivity index (χ2v) is 4.05. The molecule has 19 heavy (non-hydrogen) atoms. The van der Waals surface area contributed by atoms with Crippen LogP contribution < -0.4 is 10.1 Å². The summed E-state index contributed by atoms with van der Waals surface area (Å²) in [4.78, 5) is 4.39. The molecule has 1 aromatic heterocycles. The summed E-state index contributed by atoms with van der Waals surface area (Å²) in [6.07, 6.45) is 5.81. The molecule has 5 heteroatoms. The van der Waals surface area contributed by atoms with E-state index in [-0.39, 0.29) is 0 Å². The van der Waals surface area contributed by atoms with Gasteiger partial charge in [0.2, 0.25) is 5.82 Å². The molecule has 0 radical (unpaired) electrons. The summed E-state index contributed by atoms with van der Waals surface area (Å²) >= 11 is 0. The summed E-state index contributed by atoms with van der Waals surface area (Å²) in [5, 5.41) is 7.07. The van der Waals surface area contributed by atoms with Crippen LogP contribution in [0.2, 0.25) is 0 Å². The smallest absolute Gasteiger partial charge is 0.258 e. The van der Waals surface area contributed by atoms with Crippen molar-refractivity contribution in [3.8, 4) is 17.2 Å². The van der Waals surface area contributed by atoms with Gasteiger partial charge >= 0.3 is 0 Å². The maximum atomic E-state index is 5.28. The van der Waals surface area contributed by atoms with E-state index in [1.807, 2.05) is 42.6 Å². The van der Waals surface area contributed by atoms with Gasteiger partial charge in [-0.3, -0.25) is 0 Å². The van der Waals surface area contributed by atoms with Gasteiger partial charge in [0.25, 0.3) is 5.89 Å². The Hall–Kier alpha value is -2.56. The molecule has 0 unspecified atom stereocenters. The monoisotopic (exact) mass is 255 g/mol. The van der Waals surface area contributed by atoms with Gasteiger partial charge in [-0.15, -0.1) is 0 Å². The van der Waals surface area contributed by atoms with E-state index in [1.165, 1.54) is 0 Å². The van der Waals surface area contributed by atoms with Gasteiger partial charge in [-0.25, -0.2) is 0 Å². The van der Waals surface area contributed by atoms with Gasteiger partial charge in [-0.05, 0) is 36.5 Å². The molecule has 1 N–H and O–H groups in total. The largest absolute Gasteiger partial charge is 0.497 e. The van der Waals surface area contributed by atoms with Crippen molar-refractivity contribution in [1.29, 1.82) is 0 Å². The molecule has 0 aliphatic carbocycles. The summed E-state index contributed by atoms with van der Waals surface area (Å²) in [5.41, 5.74) is 1.83. The summed E-state index contributed by atoms with van der Waals surface area (Å²) in [7, 11) is 1.63. The summed E-state index contributed by atoms with van der Waals surface area (Å²) < 4.78 is 10.4. The highest BCUT2D eigenvalue weighted by atomic mass is 16.5. The molecule has 96 valence electrons. The zero-order valence-corrected chi connectivity index (χ0v) is 10.5. The van der Waals surface area contributed by atoms with E-state index in [2.05, 4.69) is 15.5 Å². The maximum absolute atomic E-state index is 5.28. The first-order chi connectivity index (χ1) is 9.36. The molecule has 0 atom stereocenters. The maximum Gasteiger partial charge on any atom is 0.258 e. The van der Waals surface area contributed by atoms with Crippen molar-refractivity contribution >= 4 is 5.57 Å². The van der Waals surface area contributed by atoms with Gasteiger partial charge < -0.3 is 14.6 Å². The average Bonchev–Trinajstić information content (AvgIpc) is 2.98. The molecule has 1 aromatic carbocycles. The molecule has 0 fully saturated rings. The second kappa shape index (κ2) is 4.97. The number of hydrogen-bond acceptors (Lipinski definition) is 5. The number of ether oxygens (including phenoxy) is 1. The van der Waals surface area contributed by atoms with Gasteiger partial charge in [-0.1, -0.05) is 11.2 Å². The zero-order chi connectivity index (χ0) is 13.1. The molecule has 0 spiro atoms. The van der Waals surface area contributed by atoms with Crippen LogP contribution in [0.4, 0.5) is 0 Å². The van der Waals surface area contributed by atoms with Crippen molar-refractivity contribution in [1.82, 2.24) is 15.5 Å². The number of dihydropyridines is 1. The number of benzene rings is 1. The topological polar surface area (TPSA) is 60.2 Å². The minimum Gasteiger partial charge on any atom is -0.497 e. The van der Waals surface area contributed by atoms with Crippen LogP contribution in [-0.4, -0.2) is 23.8 Å². The Balaban J connectivity index is 1.87. The second-order valence-electron chi connectivity index (χ2n) is 4.05. The Kier molecular flexibility index (Phi) is 3.02. The number of nitrogens with zero attached hydrogens (tertiary/aromatic N) is 2. The summed E-state index contributed by atoms with van der Waals surface area (Å²) in [5.74, 6) is 1.90. The van der Waals surface area contributed by atoms with Crippen LogP contribution in [0.25, 0.3) is 17.0 Å². The van der Waals surface area contributed by atoms with Crippen molar-refractivity contribution in [2.45, 2.75) is 0 Å². The van der Waals surface area contributed by atoms with Crippen molar-refractivity contribution in [3.05, 3.63) is 48.4 Å². The first-order valence-corrected chi connectivity index (χ1v) is 5.95. The average molecular weight is 255 g/mol. The highest BCUT2D eigenvalue weighted by Crippen LogP contribution is 2.23. The van der Waals surface area contributed by atoms with Crippen LogP contribution >= 0.6 is 0 Å². The fourth-order valence-corrected chi connectivity index (χ4v) is 1.81. The van der Waals surface area contributed by atoms with E-state index >= 15 is 0 Å². The van der Waals surface area contributed by atoms with Crippen LogP contribution in [0.5, 0.6) is 5.75 Å². The van der Waals surface area contributed by atoms with Crippen LogP contribution in [0.1, 0.15) is 5.82 Å². The molecule has 1 aliphatic rings. The standard InChI is InChI=1S/C14H13N3O2/c1-18-12-4-2-11(3-5-12)14-16-13(17-19-14)10-6-8-15-9-7-10/h2-8,15H,9H2,1H3. The molecule has 1 aliphatic heterocycles. The predicted molar refractivity (Wildman–Crippen MR) is 71.4 cm³/mol. The Bertz CT molecular complexity index is 626. The van der Waals surface area contributed by atoms with Crippen LogP contribution in [0.15, 0.2) is 47.1 Å². The first kappa shape index (κ1) is 11.5. The number of aromatic nitrogens is 2. The Morgan fingerprint density at radius 3 is 2.79 bits per heavy atom. The number of hydrogen-bond donors (Lipinski definition) is 1. The SMILES string of the molecule is COc1ccc(-c2nc(C3=CCNC=C3)no2)cc1. The van der Waals surface area contributed by atoms with Gasteiger partial charge in [0.05, 0.1) is 7.11 Å². The quantitative estimate of drug-likeness (QED) is 0.911. The molecule has 3 rings (SSSR count). The highest BCUT2D eigenvalue weighted by Gasteiger charge is 2.11. The lowest BCUT2D eigenvalue weighted by Gasteiger charge is -2.03. The molecule has 0 bridgehead atoms. The molecular formula is C14H13N3O2. The number of allylic oxidation sites excluding steroid dienone is 2. The van der Waals surface area contributed by atoms with Crippen molar-refractivity contribution in [2.24, 2.45) is 0 Å². The van der Waals surface area contributed by atoms with E-state index in [1.54, 1.807) is 7.11 Å². The van der Waals surface area contributed by atoms with E-state index in [0.29, 0.717) is 11.7 Å². The molecule has 2 heterocycles. The lowest BCUT2D eigenvalue weighted by atomic mass is 10.2. The van der Waals surface area contributed by atoms with Crippen LogP contribution in [-0.2, 0) is 0 Å². The lowest BCUT2D eigenvalue weighted by molar-refractivity contribution is 0.414. The summed E-state index contributed by atoms with van der Waals surface area (Å²) in [6.45, 7) is 0.776. The predicted octanol–water partition coefficient (Wildman–Crippen LogP) is 2.25. The van der Waals surface area contributed by atoms with Gasteiger partial charge in [0.1, 0.15) is 5.75 Å². The van der Waals surface area contributed by atoms with E-state index < -0.39 is 0 Å². The van der Waals surface area contributed by atoms with Gasteiger partial charge in [0, 0.05) is 17.7 Å². The molecule has 2 aromatic rings. The number of methoxy groups -OCH3 is 1. The van der Waals surface area contributed by atoms with Crippen LogP contribution in [0, 0.1) is 0 Å². The van der Waals surface area contributed by atoms with Crippen LogP contribution in [0.3, 0.4) is 0 Å². The van der Waals surface area contributed by atoms with Gasteiger partial charge in [0.15, 0.2) is 0 Å². The van der Waals surface area contributed by atoms with Gasteiger partial charge in [-0.2, -0.15) is 4.98 Å². The third-order valence-electron chi connectivity index (χ3n) is 2.84. The number of nitrogens with one attached hydrogen (secondary N) is 1. The minimum atomic E-state index is 0.505. The van der Waals surface area contributed by atoms with E-state index in [9.17, 15) is 0 Å². The third kappa shape index (κ3) is 2.35. The minimum absolute atomic E-state index is 0.505. The molecular weight excluding hydrogens is 242 g/mol. The molecule has 0 saturated heterocycles. The first-order valence-electron chi connectivity index (χ1n) is 5.95. The van der Waals surface area contributed by atoms with Crippen molar-refractivity contribution < 1.29 is 9.26 Å². The Morgan fingerprint density at radius 2 is 2.11 bits per heavy atom. The molecule has 0 saturated carbocycles. The van der Waals surface area contributed by atoms with E-state index in [4.69, 9.17) is 9.26 Å². The summed E-state index contributed by atoms with van der Waals surface area (Å²) in [6, 6.07) is 7.51. The normalized spacial score (nSPS) is 13.8. The highest BCUT2D eigenvalue weighted by molar-refractivity contribution is 5.71.